The number of aromatic nitrogens is 5. The Balaban J connectivity index is 2.06. The first-order chi connectivity index (χ1) is 9.06. The molecular weight excluding hydrogens is 313 g/mol. The molecule has 19 heavy (non-hydrogen) atoms. The van der Waals surface area contributed by atoms with E-state index in [0.29, 0.717) is 21.1 Å². The third kappa shape index (κ3) is 3.79. The van der Waals surface area contributed by atoms with Gasteiger partial charge in [-0.3, -0.25) is 4.79 Å². The third-order valence-corrected chi connectivity index (χ3v) is 3.60. The zero-order valence-electron chi connectivity index (χ0n) is 9.32. The van der Waals surface area contributed by atoms with E-state index in [1.807, 2.05) is 0 Å². The van der Waals surface area contributed by atoms with Crippen LogP contribution in [0.1, 0.15) is 5.56 Å². The monoisotopic (exact) mass is 319 g/mol. The number of carbonyl (C=O) groups is 1. The van der Waals surface area contributed by atoms with Gasteiger partial charge in [0.15, 0.2) is 0 Å². The Kier molecular flexibility index (Phi) is 4.56. The van der Waals surface area contributed by atoms with E-state index in [0.717, 1.165) is 5.56 Å². The Morgan fingerprint density at radius 3 is 2.95 bits per heavy atom. The maximum atomic E-state index is 10.6. The Morgan fingerprint density at radius 2 is 2.26 bits per heavy atom. The number of aliphatic carboxylic acids is 1. The molecule has 0 spiro atoms. The van der Waals surface area contributed by atoms with Gasteiger partial charge in [-0.25, -0.2) is 9.67 Å². The number of tetrazole rings is 1. The largest absolute Gasteiger partial charge is 0.480 e. The smallest absolute Gasteiger partial charge is 0.325 e. The minimum absolute atomic E-state index is 0.290. The first kappa shape index (κ1) is 14.0. The molecule has 0 aliphatic rings. The molecule has 1 N–H and O–H groups in total. The summed E-state index contributed by atoms with van der Waals surface area (Å²) in [6.07, 6.45) is 1.56. The topological polar surface area (TPSA) is 93.8 Å². The lowest BCUT2D eigenvalue weighted by Crippen LogP contribution is -2.11. The molecule has 0 aromatic carbocycles. The van der Waals surface area contributed by atoms with Crippen molar-refractivity contribution in [3.8, 4) is 0 Å². The lowest BCUT2D eigenvalue weighted by atomic mass is 10.3. The van der Waals surface area contributed by atoms with E-state index in [1.165, 1.54) is 16.4 Å². The molecule has 10 heteroatoms. The maximum Gasteiger partial charge on any atom is 0.325 e. The SMILES string of the molecule is O=C(O)Cn1nnnc1SCc1cnc(Cl)cc1Cl. The summed E-state index contributed by atoms with van der Waals surface area (Å²) in [5.74, 6) is -0.552. The molecule has 0 unspecified atom stereocenters. The van der Waals surface area contributed by atoms with Crippen molar-refractivity contribution in [3.05, 3.63) is 28.0 Å². The van der Waals surface area contributed by atoms with Gasteiger partial charge in [-0.1, -0.05) is 35.0 Å². The highest BCUT2D eigenvalue weighted by Crippen LogP contribution is 2.25. The number of pyridine rings is 1. The zero-order chi connectivity index (χ0) is 13.8. The van der Waals surface area contributed by atoms with Crippen LogP contribution < -0.4 is 0 Å². The quantitative estimate of drug-likeness (QED) is 0.662. The highest BCUT2D eigenvalue weighted by molar-refractivity contribution is 7.98. The van der Waals surface area contributed by atoms with Gasteiger partial charge in [-0.2, -0.15) is 0 Å². The fraction of sp³-hybridized carbons (Fsp3) is 0.222. The van der Waals surface area contributed by atoms with Gasteiger partial charge in [-0.15, -0.1) is 5.10 Å². The summed E-state index contributed by atoms with van der Waals surface area (Å²) >= 11 is 13.0. The average molecular weight is 320 g/mol. The van der Waals surface area contributed by atoms with Crippen molar-refractivity contribution in [1.82, 2.24) is 25.2 Å². The molecule has 0 aliphatic carbocycles. The van der Waals surface area contributed by atoms with Gasteiger partial charge in [-0.05, 0) is 22.1 Å². The minimum Gasteiger partial charge on any atom is -0.480 e. The van der Waals surface area contributed by atoms with Crippen LogP contribution in [0.2, 0.25) is 10.2 Å². The van der Waals surface area contributed by atoms with Crippen LogP contribution in [0.4, 0.5) is 0 Å². The lowest BCUT2D eigenvalue weighted by molar-refractivity contribution is -0.138. The number of hydrogen-bond acceptors (Lipinski definition) is 6. The Bertz CT molecular complexity index is 606. The molecule has 7 nitrogen and oxygen atoms in total. The number of halogens is 2. The van der Waals surface area contributed by atoms with Gasteiger partial charge < -0.3 is 5.11 Å². The molecule has 0 saturated carbocycles. The van der Waals surface area contributed by atoms with Gasteiger partial charge in [0.25, 0.3) is 0 Å². The van der Waals surface area contributed by atoms with Crippen LogP contribution in [0.5, 0.6) is 0 Å². The van der Waals surface area contributed by atoms with E-state index < -0.39 is 5.97 Å². The molecule has 0 atom stereocenters. The van der Waals surface area contributed by atoms with E-state index in [1.54, 1.807) is 12.3 Å². The van der Waals surface area contributed by atoms with E-state index in [9.17, 15) is 4.79 Å². The molecule has 0 saturated heterocycles. The van der Waals surface area contributed by atoms with Crippen LogP contribution in [0, 0.1) is 0 Å². The van der Waals surface area contributed by atoms with E-state index in [4.69, 9.17) is 28.3 Å². The third-order valence-electron chi connectivity index (χ3n) is 2.04. The fourth-order valence-corrected chi connectivity index (χ4v) is 2.58. The molecule has 0 amide bonds. The van der Waals surface area contributed by atoms with Crippen LogP contribution in [-0.2, 0) is 17.1 Å². The summed E-state index contributed by atoms with van der Waals surface area (Å²) < 4.78 is 1.20. The Hall–Kier alpha value is -1.38. The normalized spacial score (nSPS) is 10.6. The molecular formula is C9H7Cl2N5O2S. The van der Waals surface area contributed by atoms with Crippen LogP contribution in [0.25, 0.3) is 0 Å². The molecule has 2 aromatic heterocycles. The van der Waals surface area contributed by atoms with Crippen molar-refractivity contribution in [2.24, 2.45) is 0 Å². The summed E-state index contributed by atoms with van der Waals surface area (Å²) in [6.45, 7) is -0.290. The first-order valence-corrected chi connectivity index (χ1v) is 6.71. The highest BCUT2D eigenvalue weighted by atomic mass is 35.5. The Labute approximate surface area is 121 Å². The van der Waals surface area contributed by atoms with Gasteiger partial charge in [0.05, 0.1) is 0 Å². The van der Waals surface area contributed by atoms with Crippen molar-refractivity contribution in [1.29, 1.82) is 0 Å². The molecule has 2 heterocycles. The van der Waals surface area contributed by atoms with Crippen molar-refractivity contribution >= 4 is 40.9 Å². The van der Waals surface area contributed by atoms with Gasteiger partial charge in [0.1, 0.15) is 11.7 Å². The minimum atomic E-state index is -1.01. The first-order valence-electron chi connectivity index (χ1n) is 4.97. The van der Waals surface area contributed by atoms with Crippen LogP contribution >= 0.6 is 35.0 Å². The fourth-order valence-electron chi connectivity index (χ4n) is 1.21. The predicted molar refractivity (Wildman–Crippen MR) is 69.3 cm³/mol. The molecule has 0 fully saturated rings. The predicted octanol–water partition coefficient (Wildman–Crippen LogP) is 1.75. The van der Waals surface area contributed by atoms with Gasteiger partial charge in [0.2, 0.25) is 5.16 Å². The highest BCUT2D eigenvalue weighted by Gasteiger charge is 2.11. The second-order valence-electron chi connectivity index (χ2n) is 3.40. The van der Waals surface area contributed by atoms with Gasteiger partial charge >= 0.3 is 5.97 Å². The van der Waals surface area contributed by atoms with Crippen LogP contribution in [-0.4, -0.2) is 36.3 Å². The Morgan fingerprint density at radius 1 is 1.47 bits per heavy atom. The molecule has 100 valence electrons. The van der Waals surface area contributed by atoms with E-state index in [-0.39, 0.29) is 6.54 Å². The van der Waals surface area contributed by atoms with Crippen molar-refractivity contribution in [2.75, 3.05) is 0 Å². The molecule has 0 radical (unpaired) electrons. The lowest BCUT2D eigenvalue weighted by Gasteiger charge is -2.03. The summed E-state index contributed by atoms with van der Waals surface area (Å²) in [4.78, 5) is 14.5. The number of hydrogen-bond donors (Lipinski definition) is 1. The van der Waals surface area contributed by atoms with Crippen molar-refractivity contribution in [3.63, 3.8) is 0 Å². The van der Waals surface area contributed by atoms with E-state index >= 15 is 0 Å². The number of thioether (sulfide) groups is 1. The molecule has 0 bridgehead atoms. The molecule has 0 aliphatic heterocycles. The average Bonchev–Trinajstić information content (AvgIpc) is 2.74. The number of carboxylic acid groups (broad SMARTS) is 1. The standard InChI is InChI=1S/C9H7Cl2N5O2S/c10-6-1-7(11)12-2-5(6)4-19-9-13-14-15-16(9)3-8(17)18/h1-2H,3-4H2,(H,17,18). The molecule has 2 aromatic rings. The second-order valence-corrected chi connectivity index (χ2v) is 5.14. The van der Waals surface area contributed by atoms with Gasteiger partial charge in [0, 0.05) is 17.0 Å². The van der Waals surface area contributed by atoms with Crippen molar-refractivity contribution < 1.29 is 9.90 Å². The van der Waals surface area contributed by atoms with Crippen LogP contribution in [0.3, 0.4) is 0 Å². The summed E-state index contributed by atoms with van der Waals surface area (Å²) in [5, 5.41) is 20.7. The second kappa shape index (κ2) is 6.18. The number of carboxylic acids is 1. The summed E-state index contributed by atoms with van der Waals surface area (Å²) in [6, 6.07) is 1.54. The molecule has 2 rings (SSSR count). The maximum absolute atomic E-state index is 10.6. The van der Waals surface area contributed by atoms with Crippen molar-refractivity contribution in [2.45, 2.75) is 17.5 Å². The summed E-state index contributed by atoms with van der Waals surface area (Å²) in [7, 11) is 0. The number of nitrogens with zero attached hydrogens (tertiary/aromatic N) is 5. The summed E-state index contributed by atoms with van der Waals surface area (Å²) in [5.41, 5.74) is 0.765. The van der Waals surface area contributed by atoms with Crippen LogP contribution in [0.15, 0.2) is 17.4 Å². The zero-order valence-corrected chi connectivity index (χ0v) is 11.7. The van der Waals surface area contributed by atoms with E-state index in [2.05, 4.69) is 20.5 Å². The number of rotatable bonds is 5.